The molecule has 0 saturated heterocycles. The largest absolute Gasteiger partial charge is 0.454 e. The number of rotatable bonds is 6. The third-order valence-corrected chi connectivity index (χ3v) is 10.9. The molecule has 0 amide bonds. The number of benzene rings is 8. The number of fused-ring (bicyclic) bond motifs is 5. The van der Waals surface area contributed by atoms with E-state index in [0.717, 1.165) is 93.6 Å². The SMILES string of the molecule is c1ccc(-c2cccc(-c3nc(-c4ccc(-c5ccccc5)c5ccccc45)nc(-c4cccc5c(-c6cccc7c6oc6cnccc67)cccc45)n3)c2)cc1. The summed E-state index contributed by atoms with van der Waals surface area (Å²) in [6.07, 6.45) is 3.59. The molecule has 8 aromatic carbocycles. The van der Waals surface area contributed by atoms with Gasteiger partial charge in [-0.3, -0.25) is 4.98 Å². The quantitative estimate of drug-likeness (QED) is 0.171. The summed E-state index contributed by atoms with van der Waals surface area (Å²) in [7, 11) is 0. The third-order valence-electron chi connectivity index (χ3n) is 10.9. The van der Waals surface area contributed by atoms with E-state index in [1.54, 1.807) is 6.20 Å². The van der Waals surface area contributed by atoms with E-state index in [0.29, 0.717) is 17.5 Å². The first-order chi connectivity index (χ1) is 28.3. The molecule has 0 saturated carbocycles. The second-order valence-electron chi connectivity index (χ2n) is 14.2. The Balaban J connectivity index is 1.13. The van der Waals surface area contributed by atoms with Crippen molar-refractivity contribution >= 4 is 43.5 Å². The Kier molecular flexibility index (Phi) is 7.74. The van der Waals surface area contributed by atoms with E-state index >= 15 is 0 Å². The van der Waals surface area contributed by atoms with E-state index in [4.69, 9.17) is 19.4 Å². The van der Waals surface area contributed by atoms with Gasteiger partial charge in [-0.05, 0) is 67.6 Å². The van der Waals surface area contributed by atoms with Gasteiger partial charge in [0.15, 0.2) is 23.1 Å². The predicted molar refractivity (Wildman–Crippen MR) is 233 cm³/mol. The predicted octanol–water partition coefficient (Wildman–Crippen LogP) is 13.5. The van der Waals surface area contributed by atoms with Gasteiger partial charge in [0, 0.05) is 39.2 Å². The monoisotopic (exact) mass is 728 g/mol. The molecule has 0 unspecified atom stereocenters. The molecule has 57 heavy (non-hydrogen) atoms. The fourth-order valence-electron chi connectivity index (χ4n) is 8.18. The molecule has 11 aromatic rings. The normalized spacial score (nSPS) is 11.5. The van der Waals surface area contributed by atoms with Crippen LogP contribution in [0.3, 0.4) is 0 Å². The standard InChI is InChI=1S/C52H32N4O/c1-3-13-33(14-4-1)35-17-9-18-36(31-35)50-54-51(56-52(55-50)47-28-27-37(34-15-5-2-6-16-34)38-19-7-8-20-41(38)47)46-26-11-21-39-40(22-10-23-42(39)46)44-24-12-25-45-43-29-30-53-32-48(43)57-49(44)45/h1-32H. The highest BCUT2D eigenvalue weighted by Crippen LogP contribution is 2.41. The molecular weight excluding hydrogens is 697 g/mol. The number of nitrogens with zero attached hydrogens (tertiary/aromatic N) is 4. The lowest BCUT2D eigenvalue weighted by atomic mass is 9.94. The lowest BCUT2D eigenvalue weighted by molar-refractivity contribution is 0.668. The first-order valence-corrected chi connectivity index (χ1v) is 19.0. The van der Waals surface area contributed by atoms with Crippen LogP contribution in [0.1, 0.15) is 0 Å². The van der Waals surface area contributed by atoms with Crippen LogP contribution in [-0.2, 0) is 0 Å². The topological polar surface area (TPSA) is 64.7 Å². The van der Waals surface area contributed by atoms with Crippen LogP contribution >= 0.6 is 0 Å². The minimum absolute atomic E-state index is 0.604. The van der Waals surface area contributed by atoms with Crippen LogP contribution in [0.2, 0.25) is 0 Å². The lowest BCUT2D eigenvalue weighted by Crippen LogP contribution is -2.01. The van der Waals surface area contributed by atoms with Gasteiger partial charge in [0.05, 0.1) is 6.20 Å². The van der Waals surface area contributed by atoms with Crippen molar-refractivity contribution < 1.29 is 4.42 Å². The molecule has 266 valence electrons. The first-order valence-electron chi connectivity index (χ1n) is 19.0. The van der Waals surface area contributed by atoms with E-state index < -0.39 is 0 Å². The Morgan fingerprint density at radius 1 is 0.316 bits per heavy atom. The van der Waals surface area contributed by atoms with Gasteiger partial charge < -0.3 is 4.42 Å². The molecule has 0 fully saturated rings. The van der Waals surface area contributed by atoms with Crippen LogP contribution in [-0.4, -0.2) is 19.9 Å². The third kappa shape index (κ3) is 5.64. The summed E-state index contributed by atoms with van der Waals surface area (Å²) in [5, 5.41) is 6.45. The fourth-order valence-corrected chi connectivity index (χ4v) is 8.18. The van der Waals surface area contributed by atoms with Crippen molar-refractivity contribution in [3.8, 4) is 67.5 Å². The maximum Gasteiger partial charge on any atom is 0.164 e. The zero-order valence-electron chi connectivity index (χ0n) is 30.7. The van der Waals surface area contributed by atoms with Crippen molar-refractivity contribution in [1.29, 1.82) is 0 Å². The van der Waals surface area contributed by atoms with E-state index in [9.17, 15) is 0 Å². The summed E-state index contributed by atoms with van der Waals surface area (Å²) in [4.78, 5) is 20.1. The van der Waals surface area contributed by atoms with Crippen LogP contribution in [0.15, 0.2) is 199 Å². The molecule has 3 aromatic heterocycles. The number of hydrogen-bond donors (Lipinski definition) is 0. The number of pyridine rings is 1. The van der Waals surface area contributed by atoms with Crippen molar-refractivity contribution in [1.82, 2.24) is 19.9 Å². The highest BCUT2D eigenvalue weighted by Gasteiger charge is 2.20. The Morgan fingerprint density at radius 2 is 0.825 bits per heavy atom. The van der Waals surface area contributed by atoms with Gasteiger partial charge >= 0.3 is 0 Å². The van der Waals surface area contributed by atoms with Gasteiger partial charge in [-0.25, -0.2) is 15.0 Å². The molecule has 3 heterocycles. The fraction of sp³-hybridized carbons (Fsp3) is 0. The van der Waals surface area contributed by atoms with Crippen LogP contribution in [0.5, 0.6) is 0 Å². The Bertz CT molecular complexity index is 3300. The van der Waals surface area contributed by atoms with E-state index in [1.807, 2.05) is 24.4 Å². The van der Waals surface area contributed by atoms with Crippen LogP contribution in [0.4, 0.5) is 0 Å². The minimum atomic E-state index is 0.604. The Morgan fingerprint density at radius 3 is 1.58 bits per heavy atom. The molecule has 5 nitrogen and oxygen atoms in total. The zero-order valence-corrected chi connectivity index (χ0v) is 30.7. The van der Waals surface area contributed by atoms with Gasteiger partial charge in [0.2, 0.25) is 0 Å². The van der Waals surface area contributed by atoms with Crippen molar-refractivity contribution in [3.05, 3.63) is 194 Å². The highest BCUT2D eigenvalue weighted by atomic mass is 16.3. The molecular formula is C52H32N4O. The molecule has 5 heteroatoms. The summed E-state index contributed by atoms with van der Waals surface area (Å²) >= 11 is 0. The number of para-hydroxylation sites is 1. The Hall–Kier alpha value is -7.76. The van der Waals surface area contributed by atoms with Gasteiger partial charge in [0.25, 0.3) is 0 Å². The van der Waals surface area contributed by atoms with Crippen LogP contribution < -0.4 is 0 Å². The molecule has 0 aliphatic carbocycles. The molecule has 0 radical (unpaired) electrons. The second kappa shape index (κ2) is 13.5. The van der Waals surface area contributed by atoms with E-state index in [-0.39, 0.29) is 0 Å². The summed E-state index contributed by atoms with van der Waals surface area (Å²) in [6.45, 7) is 0. The number of aromatic nitrogens is 4. The Labute approximate surface area is 328 Å². The molecule has 0 bridgehead atoms. The summed E-state index contributed by atoms with van der Waals surface area (Å²) in [6, 6.07) is 63.3. The van der Waals surface area contributed by atoms with Gasteiger partial charge in [-0.1, -0.05) is 164 Å². The molecule has 0 atom stereocenters. The van der Waals surface area contributed by atoms with E-state index in [1.165, 1.54) is 0 Å². The van der Waals surface area contributed by atoms with Gasteiger partial charge in [-0.15, -0.1) is 0 Å². The van der Waals surface area contributed by atoms with Crippen molar-refractivity contribution in [2.75, 3.05) is 0 Å². The molecule has 0 aliphatic rings. The minimum Gasteiger partial charge on any atom is -0.454 e. The molecule has 11 rings (SSSR count). The molecule has 0 aliphatic heterocycles. The lowest BCUT2D eigenvalue weighted by Gasteiger charge is -2.15. The maximum absolute atomic E-state index is 6.45. The van der Waals surface area contributed by atoms with Crippen molar-refractivity contribution in [2.24, 2.45) is 0 Å². The maximum atomic E-state index is 6.45. The first kappa shape index (κ1) is 32.7. The van der Waals surface area contributed by atoms with E-state index in [2.05, 4.69) is 169 Å². The number of hydrogen-bond acceptors (Lipinski definition) is 5. The summed E-state index contributed by atoms with van der Waals surface area (Å²) in [5.41, 5.74) is 11.0. The van der Waals surface area contributed by atoms with Gasteiger partial charge in [-0.2, -0.15) is 0 Å². The molecule has 0 N–H and O–H groups in total. The smallest absolute Gasteiger partial charge is 0.164 e. The van der Waals surface area contributed by atoms with Crippen LogP contribution in [0.25, 0.3) is 111 Å². The van der Waals surface area contributed by atoms with Crippen molar-refractivity contribution in [2.45, 2.75) is 0 Å². The van der Waals surface area contributed by atoms with Crippen LogP contribution in [0, 0.1) is 0 Å². The second-order valence-corrected chi connectivity index (χ2v) is 14.2. The average molecular weight is 729 g/mol. The highest BCUT2D eigenvalue weighted by molar-refractivity contribution is 6.13. The zero-order chi connectivity index (χ0) is 37.7. The van der Waals surface area contributed by atoms with Gasteiger partial charge in [0.1, 0.15) is 5.58 Å². The average Bonchev–Trinajstić information content (AvgIpc) is 3.68. The summed E-state index contributed by atoms with van der Waals surface area (Å²) in [5.74, 6) is 1.83. The van der Waals surface area contributed by atoms with Crippen molar-refractivity contribution in [3.63, 3.8) is 0 Å². The molecule has 0 spiro atoms. The number of furan rings is 1. The summed E-state index contributed by atoms with van der Waals surface area (Å²) < 4.78 is 6.45.